The number of rotatable bonds is 1. The lowest BCUT2D eigenvalue weighted by molar-refractivity contribution is -0.121. The van der Waals surface area contributed by atoms with Gasteiger partial charge in [-0.1, -0.05) is 18.2 Å². The Hall–Kier alpha value is -1.52. The first-order chi connectivity index (χ1) is 7.04. The normalized spacial score (nSPS) is 15.3. The van der Waals surface area contributed by atoms with Gasteiger partial charge in [-0.15, -0.1) is 0 Å². The van der Waals surface area contributed by atoms with E-state index in [9.17, 15) is 13.2 Å². The first kappa shape index (κ1) is 10.0. The third-order valence-corrected chi connectivity index (χ3v) is 2.10. The maximum Gasteiger partial charge on any atom is 0.396 e. The van der Waals surface area contributed by atoms with Gasteiger partial charge in [0.1, 0.15) is 12.3 Å². The highest BCUT2D eigenvalue weighted by Gasteiger charge is 2.30. The number of fused-ring (bicyclic) bond motifs is 1. The molecule has 1 aromatic carbocycles. The summed E-state index contributed by atoms with van der Waals surface area (Å²) >= 11 is 0. The topological polar surface area (TPSA) is 24.4 Å². The van der Waals surface area contributed by atoms with E-state index in [2.05, 4.69) is 10.3 Å². The van der Waals surface area contributed by atoms with Crippen molar-refractivity contribution in [2.45, 2.75) is 19.1 Å². The van der Waals surface area contributed by atoms with Crippen molar-refractivity contribution in [2.75, 3.05) is 0 Å². The minimum Gasteiger partial charge on any atom is -0.369 e. The minimum absolute atomic E-state index is 0.0128. The third kappa shape index (κ3) is 2.49. The van der Waals surface area contributed by atoms with E-state index in [1.54, 1.807) is 12.1 Å². The number of nitrogens with zero attached hydrogens (tertiary/aromatic N) is 1. The number of aliphatic imine (C=N–C) groups is 1. The molecule has 0 spiro atoms. The molecule has 1 N–H and O–H groups in total. The van der Waals surface area contributed by atoms with Gasteiger partial charge in [-0.2, -0.15) is 13.2 Å². The number of nitrogens with one attached hydrogen (secondary N) is 1. The van der Waals surface area contributed by atoms with E-state index in [4.69, 9.17) is 0 Å². The van der Waals surface area contributed by atoms with Gasteiger partial charge < -0.3 is 5.32 Å². The summed E-state index contributed by atoms with van der Waals surface area (Å²) in [5.41, 5.74) is 1.54. The van der Waals surface area contributed by atoms with E-state index in [0.717, 1.165) is 5.56 Å². The van der Waals surface area contributed by atoms with E-state index >= 15 is 0 Å². The molecule has 1 aliphatic rings. The fourth-order valence-electron chi connectivity index (χ4n) is 1.44. The molecule has 15 heavy (non-hydrogen) atoms. The molecule has 0 aliphatic carbocycles. The highest BCUT2D eigenvalue weighted by molar-refractivity contribution is 5.87. The molecule has 0 amide bonds. The van der Waals surface area contributed by atoms with Crippen LogP contribution in [0.1, 0.15) is 12.0 Å². The van der Waals surface area contributed by atoms with Crippen molar-refractivity contribution in [1.82, 2.24) is 5.32 Å². The average Bonchev–Trinajstić information content (AvgIpc) is 2.15. The second kappa shape index (κ2) is 3.56. The monoisotopic (exact) mass is 214 g/mol. The molecule has 1 aliphatic heterocycles. The van der Waals surface area contributed by atoms with Gasteiger partial charge >= 0.3 is 6.18 Å². The highest BCUT2D eigenvalue weighted by atomic mass is 19.4. The van der Waals surface area contributed by atoms with Gasteiger partial charge in [0, 0.05) is 6.54 Å². The summed E-state index contributed by atoms with van der Waals surface area (Å²) in [5.74, 6) is -0.0128. The molecule has 0 saturated carbocycles. The van der Waals surface area contributed by atoms with Gasteiger partial charge in [-0.3, -0.25) is 0 Å². The number of para-hydroxylation sites is 1. The molecule has 0 bridgehead atoms. The van der Waals surface area contributed by atoms with Crippen LogP contribution in [0.4, 0.5) is 18.9 Å². The lowest BCUT2D eigenvalue weighted by Gasteiger charge is -2.18. The zero-order chi connectivity index (χ0) is 10.9. The van der Waals surface area contributed by atoms with Gasteiger partial charge in [0.25, 0.3) is 0 Å². The molecule has 5 heteroatoms. The second-order valence-corrected chi connectivity index (χ2v) is 3.33. The van der Waals surface area contributed by atoms with Crippen molar-refractivity contribution in [1.29, 1.82) is 0 Å². The third-order valence-electron chi connectivity index (χ3n) is 2.10. The van der Waals surface area contributed by atoms with Crippen LogP contribution in [0.3, 0.4) is 0 Å². The molecule has 80 valence electrons. The molecule has 0 saturated heterocycles. The smallest absolute Gasteiger partial charge is 0.369 e. The Labute approximate surface area is 84.8 Å². The number of hydrogen-bond acceptors (Lipinski definition) is 2. The van der Waals surface area contributed by atoms with E-state index < -0.39 is 12.6 Å². The van der Waals surface area contributed by atoms with Crippen LogP contribution in [0.2, 0.25) is 0 Å². The Morgan fingerprint density at radius 3 is 2.73 bits per heavy atom. The quantitative estimate of drug-likeness (QED) is 0.763. The number of halogens is 3. The lowest BCUT2D eigenvalue weighted by atomic mass is 10.1. The number of alkyl halides is 3. The van der Waals surface area contributed by atoms with E-state index in [-0.39, 0.29) is 5.84 Å². The molecule has 0 unspecified atom stereocenters. The SMILES string of the molecule is FC(F)(F)CC1=Nc2ccccc2CN1. The first-order valence-electron chi connectivity index (χ1n) is 4.51. The number of amidine groups is 1. The molecule has 0 aromatic heterocycles. The zero-order valence-corrected chi connectivity index (χ0v) is 7.80. The standard InChI is InChI=1S/C10H9F3N2/c11-10(12,13)5-9-14-6-7-3-1-2-4-8(7)15-9/h1-4H,5-6H2,(H,14,15). The Kier molecular flexibility index (Phi) is 2.38. The largest absolute Gasteiger partial charge is 0.396 e. The Morgan fingerprint density at radius 1 is 1.27 bits per heavy atom. The molecule has 1 heterocycles. The van der Waals surface area contributed by atoms with Crippen LogP contribution in [-0.2, 0) is 6.54 Å². The fourth-order valence-corrected chi connectivity index (χ4v) is 1.44. The Balaban J connectivity index is 2.22. The Bertz CT molecular complexity index is 396. The van der Waals surface area contributed by atoms with E-state index in [0.29, 0.717) is 12.2 Å². The van der Waals surface area contributed by atoms with Crippen LogP contribution < -0.4 is 5.32 Å². The maximum atomic E-state index is 12.1. The summed E-state index contributed by atoms with van der Waals surface area (Å²) in [7, 11) is 0. The summed E-state index contributed by atoms with van der Waals surface area (Å²) < 4.78 is 36.3. The van der Waals surface area contributed by atoms with E-state index in [1.165, 1.54) is 0 Å². The first-order valence-corrected chi connectivity index (χ1v) is 4.51. The predicted octanol–water partition coefficient (Wildman–Crippen LogP) is 2.77. The minimum atomic E-state index is -4.21. The van der Waals surface area contributed by atoms with Crippen LogP contribution in [0.25, 0.3) is 0 Å². The number of benzene rings is 1. The van der Waals surface area contributed by atoms with Crippen molar-refractivity contribution in [3.63, 3.8) is 0 Å². The summed E-state index contributed by atoms with van der Waals surface area (Å²) in [4.78, 5) is 3.92. The number of hydrogen-bond donors (Lipinski definition) is 1. The van der Waals surface area contributed by atoms with Crippen molar-refractivity contribution < 1.29 is 13.2 Å². The Morgan fingerprint density at radius 2 is 2.00 bits per heavy atom. The van der Waals surface area contributed by atoms with Crippen molar-refractivity contribution in [2.24, 2.45) is 4.99 Å². The molecule has 2 nitrogen and oxygen atoms in total. The highest BCUT2D eigenvalue weighted by Crippen LogP contribution is 2.26. The van der Waals surface area contributed by atoms with Gasteiger partial charge in [-0.25, -0.2) is 4.99 Å². The van der Waals surface area contributed by atoms with Crippen molar-refractivity contribution in [3.8, 4) is 0 Å². The molecule has 0 radical (unpaired) electrons. The van der Waals surface area contributed by atoms with Crippen molar-refractivity contribution >= 4 is 11.5 Å². The lowest BCUT2D eigenvalue weighted by Crippen LogP contribution is -2.30. The molecular weight excluding hydrogens is 205 g/mol. The van der Waals surface area contributed by atoms with Crippen LogP contribution in [0, 0.1) is 0 Å². The predicted molar refractivity (Wildman–Crippen MR) is 51.0 cm³/mol. The van der Waals surface area contributed by atoms with Crippen LogP contribution in [0.5, 0.6) is 0 Å². The van der Waals surface area contributed by atoms with Crippen LogP contribution in [0.15, 0.2) is 29.3 Å². The molecule has 2 rings (SSSR count). The van der Waals surface area contributed by atoms with E-state index in [1.807, 2.05) is 12.1 Å². The summed E-state index contributed by atoms with van der Waals surface area (Å²) in [5, 5.41) is 2.66. The average molecular weight is 214 g/mol. The molecular formula is C10H9F3N2. The maximum absolute atomic E-state index is 12.1. The summed E-state index contributed by atoms with van der Waals surface area (Å²) in [6, 6.07) is 7.16. The van der Waals surface area contributed by atoms with Gasteiger partial charge in [-0.05, 0) is 11.6 Å². The zero-order valence-electron chi connectivity index (χ0n) is 7.80. The fraction of sp³-hybridized carbons (Fsp3) is 0.300. The van der Waals surface area contributed by atoms with Gasteiger partial charge in [0.2, 0.25) is 0 Å². The molecule has 1 aromatic rings. The summed E-state index contributed by atoms with van der Waals surface area (Å²) in [6.45, 7) is 0.408. The summed E-state index contributed by atoms with van der Waals surface area (Å²) in [6.07, 6.45) is -5.21. The van der Waals surface area contributed by atoms with Crippen LogP contribution in [-0.4, -0.2) is 12.0 Å². The van der Waals surface area contributed by atoms with Crippen molar-refractivity contribution in [3.05, 3.63) is 29.8 Å². The molecule has 0 fully saturated rings. The molecule has 0 atom stereocenters. The second-order valence-electron chi connectivity index (χ2n) is 3.33. The van der Waals surface area contributed by atoms with Gasteiger partial charge in [0.05, 0.1) is 5.69 Å². The van der Waals surface area contributed by atoms with Gasteiger partial charge in [0.15, 0.2) is 0 Å². The van der Waals surface area contributed by atoms with Crippen LogP contribution >= 0.6 is 0 Å².